The van der Waals surface area contributed by atoms with Gasteiger partial charge in [0.2, 0.25) is 5.91 Å². The van der Waals surface area contributed by atoms with Crippen LogP contribution in [0.25, 0.3) is 22.4 Å². The second kappa shape index (κ2) is 11.2. The van der Waals surface area contributed by atoms with Crippen LogP contribution in [0.4, 0.5) is 15.9 Å². The molecule has 0 aliphatic carbocycles. The molecule has 5 rings (SSSR count). The molecule has 0 unspecified atom stereocenters. The Labute approximate surface area is 223 Å². The van der Waals surface area contributed by atoms with Gasteiger partial charge in [0, 0.05) is 35.3 Å². The number of anilines is 2. The Morgan fingerprint density at radius 3 is 2.72 bits per heavy atom. The summed E-state index contributed by atoms with van der Waals surface area (Å²) in [4.78, 5) is 29.8. The predicted molar refractivity (Wildman–Crippen MR) is 142 cm³/mol. The van der Waals surface area contributed by atoms with E-state index in [1.165, 1.54) is 24.5 Å². The second-order valence-electron chi connectivity index (χ2n) is 9.11. The lowest BCUT2D eigenvalue weighted by Crippen LogP contribution is -2.27. The molecule has 2 aromatic heterocycles. The lowest BCUT2D eigenvalue weighted by atomic mass is 9.97. The molecule has 2 amide bonds. The van der Waals surface area contributed by atoms with Gasteiger partial charge in [-0.25, -0.2) is 9.37 Å². The third-order valence-corrected chi connectivity index (χ3v) is 6.40. The molecule has 1 fully saturated rings. The minimum absolute atomic E-state index is 0.0127. The summed E-state index contributed by atoms with van der Waals surface area (Å²) in [6, 6.07) is 17.2. The van der Waals surface area contributed by atoms with E-state index in [0.717, 1.165) is 25.5 Å². The van der Waals surface area contributed by atoms with E-state index in [1.807, 2.05) is 0 Å². The van der Waals surface area contributed by atoms with Gasteiger partial charge in [0.15, 0.2) is 11.6 Å². The number of phenols is 1. The van der Waals surface area contributed by atoms with Crippen molar-refractivity contribution in [2.24, 2.45) is 0 Å². The van der Waals surface area contributed by atoms with Crippen LogP contribution in [0.1, 0.15) is 35.4 Å². The highest BCUT2D eigenvalue weighted by molar-refractivity contribution is 6.03. The molecule has 0 bridgehead atoms. The first-order valence-corrected chi connectivity index (χ1v) is 12.3. The van der Waals surface area contributed by atoms with E-state index in [0.29, 0.717) is 23.2 Å². The maximum Gasteiger partial charge on any atom is 0.292 e. The van der Waals surface area contributed by atoms with Gasteiger partial charge < -0.3 is 25.5 Å². The highest BCUT2D eigenvalue weighted by Gasteiger charge is 2.21. The number of phenolic OH excluding ortho intramolecular Hbond substituents is 1. The van der Waals surface area contributed by atoms with Gasteiger partial charge in [0.1, 0.15) is 23.2 Å². The maximum absolute atomic E-state index is 13.7. The van der Waals surface area contributed by atoms with Crippen LogP contribution >= 0.6 is 0 Å². The highest BCUT2D eigenvalue weighted by atomic mass is 19.1. The van der Waals surface area contributed by atoms with Crippen LogP contribution in [0.5, 0.6) is 5.75 Å². The summed E-state index contributed by atoms with van der Waals surface area (Å²) in [6.45, 7) is 0.900. The number of carbonyl (C=O) groups excluding carboxylic acids is 2. The summed E-state index contributed by atoms with van der Waals surface area (Å²) < 4.78 is 18.8. The van der Waals surface area contributed by atoms with Crippen LogP contribution in [0.2, 0.25) is 0 Å². The molecular weight excluding hydrogens is 501 g/mol. The zero-order valence-corrected chi connectivity index (χ0v) is 20.7. The molecular formula is C29H24FN5O4. The molecule has 4 N–H and O–H groups in total. The van der Waals surface area contributed by atoms with Gasteiger partial charge in [0.05, 0.1) is 12.0 Å². The summed E-state index contributed by atoms with van der Waals surface area (Å²) in [7, 11) is 0. The number of nitrogens with zero attached hydrogens (tertiary/aromatic N) is 2. The lowest BCUT2D eigenvalue weighted by Gasteiger charge is -2.15. The number of furan rings is 1. The molecule has 2 aromatic carbocycles. The van der Waals surface area contributed by atoms with Gasteiger partial charge in [-0.3, -0.25) is 9.59 Å². The minimum atomic E-state index is -0.632. The highest BCUT2D eigenvalue weighted by Crippen LogP contribution is 2.36. The fraction of sp³-hybridized carbons (Fsp3) is 0.172. The van der Waals surface area contributed by atoms with Crippen LogP contribution in [-0.4, -0.2) is 34.5 Å². The quantitative estimate of drug-likeness (QED) is 0.264. The average Bonchev–Trinajstić information content (AvgIpc) is 3.63. The second-order valence-corrected chi connectivity index (χ2v) is 9.11. The van der Waals surface area contributed by atoms with Crippen molar-refractivity contribution >= 4 is 23.3 Å². The molecule has 0 radical (unpaired) electrons. The Bertz CT molecular complexity index is 1570. The fourth-order valence-corrected chi connectivity index (χ4v) is 4.54. The van der Waals surface area contributed by atoms with E-state index in [9.17, 15) is 24.3 Å². The van der Waals surface area contributed by atoms with Gasteiger partial charge >= 0.3 is 0 Å². The molecule has 196 valence electrons. The Hall–Kier alpha value is -5.01. The number of hydrogen-bond acceptors (Lipinski definition) is 7. The molecule has 0 spiro atoms. The van der Waals surface area contributed by atoms with Gasteiger partial charge in [-0.2, -0.15) is 5.26 Å². The zero-order valence-electron chi connectivity index (χ0n) is 20.7. The van der Waals surface area contributed by atoms with Crippen molar-refractivity contribution in [1.82, 2.24) is 10.3 Å². The number of halogens is 1. The molecule has 10 heteroatoms. The predicted octanol–water partition coefficient (Wildman–Crippen LogP) is 5.06. The first-order valence-electron chi connectivity index (χ1n) is 12.3. The number of nitriles is 1. The minimum Gasteiger partial charge on any atom is -0.507 e. The molecule has 1 atom stereocenters. The third-order valence-electron chi connectivity index (χ3n) is 6.40. The Kier molecular flexibility index (Phi) is 7.34. The normalized spacial score (nSPS) is 14.5. The molecule has 4 aromatic rings. The maximum atomic E-state index is 13.7. The molecule has 0 saturated carbocycles. The Morgan fingerprint density at radius 2 is 2.00 bits per heavy atom. The number of aromatic hydroxyl groups is 1. The van der Waals surface area contributed by atoms with Gasteiger partial charge in [0.25, 0.3) is 5.91 Å². The summed E-state index contributed by atoms with van der Waals surface area (Å²) >= 11 is 0. The number of aromatic nitrogens is 1. The van der Waals surface area contributed by atoms with Crippen molar-refractivity contribution in [2.45, 2.75) is 25.3 Å². The molecule has 1 saturated heterocycles. The standard InChI is InChI=1S/C29H24FN5O4/c30-18-8-9-21(25(36)13-18)24-15-22(23(16-31)28(34-24)35-29(38)26-7-3-11-39-26)17-4-1-5-20(12-17)33-27(37)14-19-6-2-10-32-19/h1,3-5,7-9,11-13,15,19,32,36H,2,6,10,14H2,(H,33,37)(H,34,35,38)/t19-/m1/s1. The molecule has 3 heterocycles. The summed E-state index contributed by atoms with van der Waals surface area (Å²) in [5.74, 6) is -1.81. The number of pyridine rings is 1. The first-order chi connectivity index (χ1) is 18.9. The molecule has 1 aliphatic heterocycles. The van der Waals surface area contributed by atoms with Crippen molar-refractivity contribution in [3.05, 3.63) is 84.1 Å². The lowest BCUT2D eigenvalue weighted by molar-refractivity contribution is -0.116. The Balaban J connectivity index is 1.55. The SMILES string of the molecule is N#Cc1c(-c2cccc(NC(=O)C[C@H]3CCCN3)c2)cc(-c2ccc(F)cc2O)nc1NC(=O)c1ccco1. The van der Waals surface area contributed by atoms with E-state index in [1.54, 1.807) is 36.4 Å². The average molecular weight is 526 g/mol. The molecule has 39 heavy (non-hydrogen) atoms. The summed E-state index contributed by atoms with van der Waals surface area (Å²) in [6.07, 6.45) is 3.67. The van der Waals surface area contributed by atoms with Crippen LogP contribution < -0.4 is 16.0 Å². The van der Waals surface area contributed by atoms with E-state index in [2.05, 4.69) is 27.0 Å². The number of rotatable bonds is 7. The van der Waals surface area contributed by atoms with Crippen molar-refractivity contribution in [3.8, 4) is 34.2 Å². The van der Waals surface area contributed by atoms with Crippen LogP contribution in [0.15, 0.2) is 71.3 Å². The number of amides is 2. The van der Waals surface area contributed by atoms with Crippen molar-refractivity contribution in [2.75, 3.05) is 17.2 Å². The largest absolute Gasteiger partial charge is 0.507 e. The van der Waals surface area contributed by atoms with E-state index < -0.39 is 11.7 Å². The smallest absolute Gasteiger partial charge is 0.292 e. The van der Waals surface area contributed by atoms with Crippen LogP contribution in [0, 0.1) is 17.1 Å². The van der Waals surface area contributed by atoms with Gasteiger partial charge in [-0.15, -0.1) is 0 Å². The monoisotopic (exact) mass is 525 g/mol. The van der Waals surface area contributed by atoms with Crippen LogP contribution in [-0.2, 0) is 4.79 Å². The number of benzene rings is 2. The summed E-state index contributed by atoms with van der Waals surface area (Å²) in [5.41, 5.74) is 1.92. The number of nitrogens with one attached hydrogen (secondary N) is 3. The third kappa shape index (κ3) is 5.79. The fourth-order valence-electron chi connectivity index (χ4n) is 4.54. The van der Waals surface area contributed by atoms with Crippen molar-refractivity contribution in [3.63, 3.8) is 0 Å². The number of carbonyl (C=O) groups is 2. The van der Waals surface area contributed by atoms with Crippen LogP contribution in [0.3, 0.4) is 0 Å². The van der Waals surface area contributed by atoms with Gasteiger partial charge in [-0.1, -0.05) is 12.1 Å². The molecule has 9 nitrogen and oxygen atoms in total. The topological polar surface area (TPSA) is 140 Å². The van der Waals surface area contributed by atoms with Crippen molar-refractivity contribution < 1.29 is 23.5 Å². The zero-order chi connectivity index (χ0) is 27.4. The van der Waals surface area contributed by atoms with E-state index >= 15 is 0 Å². The molecule has 1 aliphatic rings. The van der Waals surface area contributed by atoms with E-state index in [-0.39, 0.29) is 46.1 Å². The van der Waals surface area contributed by atoms with E-state index in [4.69, 9.17) is 4.42 Å². The Morgan fingerprint density at radius 1 is 1.13 bits per heavy atom. The summed E-state index contributed by atoms with van der Waals surface area (Å²) in [5, 5.41) is 29.3. The number of hydrogen-bond donors (Lipinski definition) is 4. The van der Waals surface area contributed by atoms with Crippen molar-refractivity contribution in [1.29, 1.82) is 5.26 Å². The first kappa shape index (κ1) is 25.6. The van der Waals surface area contributed by atoms with Gasteiger partial charge in [-0.05, 0) is 67.4 Å².